The van der Waals surface area contributed by atoms with Crippen LogP contribution < -0.4 is 5.32 Å². The number of methoxy groups -OCH3 is 1. The zero-order valence-corrected chi connectivity index (χ0v) is 10.2. The Morgan fingerprint density at radius 2 is 2.35 bits per heavy atom. The van der Waals surface area contributed by atoms with Crippen molar-refractivity contribution in [1.82, 2.24) is 5.32 Å². The van der Waals surface area contributed by atoms with Gasteiger partial charge in [-0.15, -0.1) is 0 Å². The number of hydrogen-bond acceptors (Lipinski definition) is 4. The van der Waals surface area contributed by atoms with Crippen molar-refractivity contribution in [1.29, 1.82) is 0 Å². The number of aliphatic hydroxyl groups is 1. The van der Waals surface area contributed by atoms with Crippen molar-refractivity contribution in [2.45, 2.75) is 25.8 Å². The van der Waals surface area contributed by atoms with Crippen molar-refractivity contribution in [2.24, 2.45) is 0 Å². The molecule has 1 amide bonds. The van der Waals surface area contributed by atoms with E-state index in [1.165, 1.54) is 0 Å². The molecule has 0 aliphatic rings. The SMILES string of the molecule is CCc1ccc(C(=O)NC(CCO)COC)o1. The minimum absolute atomic E-state index is 0.00662. The highest BCUT2D eigenvalue weighted by Crippen LogP contribution is 2.08. The molecular weight excluding hydrogens is 222 g/mol. The molecule has 0 aliphatic carbocycles. The minimum Gasteiger partial charge on any atom is -0.456 e. The van der Waals surface area contributed by atoms with Crippen molar-refractivity contribution in [3.05, 3.63) is 23.7 Å². The smallest absolute Gasteiger partial charge is 0.287 e. The van der Waals surface area contributed by atoms with Crippen molar-refractivity contribution in [3.8, 4) is 0 Å². The predicted octanol–water partition coefficient (Wildman–Crippen LogP) is 0.969. The number of carbonyl (C=O) groups excluding carboxylic acids is 1. The number of aryl methyl sites for hydroxylation is 1. The lowest BCUT2D eigenvalue weighted by molar-refractivity contribution is 0.0850. The van der Waals surface area contributed by atoms with Crippen LogP contribution in [0.3, 0.4) is 0 Å². The molecule has 0 aromatic carbocycles. The first kappa shape index (κ1) is 13.7. The van der Waals surface area contributed by atoms with Crippen LogP contribution >= 0.6 is 0 Å². The Labute approximate surface area is 101 Å². The Morgan fingerprint density at radius 1 is 1.59 bits per heavy atom. The molecule has 1 rings (SSSR count). The molecule has 0 spiro atoms. The molecule has 0 fully saturated rings. The third-order valence-electron chi connectivity index (χ3n) is 2.41. The normalized spacial score (nSPS) is 12.4. The third-order valence-corrected chi connectivity index (χ3v) is 2.41. The molecule has 5 heteroatoms. The second-order valence-corrected chi connectivity index (χ2v) is 3.76. The number of hydrogen-bond donors (Lipinski definition) is 2. The van der Waals surface area contributed by atoms with Crippen LogP contribution in [0, 0.1) is 0 Å². The zero-order valence-electron chi connectivity index (χ0n) is 10.2. The molecule has 1 aromatic heterocycles. The largest absolute Gasteiger partial charge is 0.456 e. The summed E-state index contributed by atoms with van der Waals surface area (Å²) < 4.78 is 10.3. The summed E-state index contributed by atoms with van der Waals surface area (Å²) in [7, 11) is 1.55. The highest BCUT2D eigenvalue weighted by molar-refractivity contribution is 5.91. The Bertz CT molecular complexity index is 342. The van der Waals surface area contributed by atoms with Gasteiger partial charge in [0.15, 0.2) is 5.76 Å². The third kappa shape index (κ3) is 4.20. The second kappa shape index (κ2) is 7.09. The van der Waals surface area contributed by atoms with Gasteiger partial charge in [0.1, 0.15) is 5.76 Å². The van der Waals surface area contributed by atoms with Crippen LogP contribution in [0.25, 0.3) is 0 Å². The molecule has 1 aromatic rings. The van der Waals surface area contributed by atoms with E-state index in [9.17, 15) is 4.79 Å². The van der Waals surface area contributed by atoms with Crippen LogP contribution in [0.15, 0.2) is 16.5 Å². The van der Waals surface area contributed by atoms with Gasteiger partial charge in [-0.05, 0) is 18.6 Å². The number of aliphatic hydroxyl groups excluding tert-OH is 1. The van der Waals surface area contributed by atoms with Gasteiger partial charge < -0.3 is 19.6 Å². The highest BCUT2D eigenvalue weighted by Gasteiger charge is 2.15. The molecule has 17 heavy (non-hydrogen) atoms. The Morgan fingerprint density at radius 3 is 2.88 bits per heavy atom. The van der Waals surface area contributed by atoms with Crippen molar-refractivity contribution in [2.75, 3.05) is 20.3 Å². The van der Waals surface area contributed by atoms with Crippen molar-refractivity contribution in [3.63, 3.8) is 0 Å². The molecule has 0 radical (unpaired) electrons. The first-order chi connectivity index (χ1) is 8.21. The first-order valence-corrected chi connectivity index (χ1v) is 5.70. The first-order valence-electron chi connectivity index (χ1n) is 5.70. The van der Waals surface area contributed by atoms with Crippen LogP contribution in [0.1, 0.15) is 29.7 Å². The Kier molecular flexibility index (Phi) is 5.72. The molecular formula is C12H19NO4. The minimum atomic E-state index is -0.278. The second-order valence-electron chi connectivity index (χ2n) is 3.76. The fourth-order valence-corrected chi connectivity index (χ4v) is 1.50. The van der Waals surface area contributed by atoms with E-state index in [1.807, 2.05) is 6.92 Å². The lowest BCUT2D eigenvalue weighted by Crippen LogP contribution is -2.38. The summed E-state index contributed by atoms with van der Waals surface area (Å²) in [6, 6.07) is 3.23. The molecule has 0 bridgehead atoms. The van der Waals surface area contributed by atoms with Gasteiger partial charge in [-0.2, -0.15) is 0 Å². The lowest BCUT2D eigenvalue weighted by Gasteiger charge is -2.15. The van der Waals surface area contributed by atoms with Crippen molar-refractivity contribution < 1.29 is 19.1 Å². The fraction of sp³-hybridized carbons (Fsp3) is 0.583. The highest BCUT2D eigenvalue weighted by atomic mass is 16.5. The van der Waals surface area contributed by atoms with Crippen LogP contribution in [0.2, 0.25) is 0 Å². The van der Waals surface area contributed by atoms with Gasteiger partial charge in [0.2, 0.25) is 0 Å². The molecule has 1 unspecified atom stereocenters. The monoisotopic (exact) mass is 241 g/mol. The van der Waals surface area contributed by atoms with E-state index in [-0.39, 0.29) is 18.6 Å². The molecule has 5 nitrogen and oxygen atoms in total. The number of furan rings is 1. The van der Waals surface area contributed by atoms with E-state index < -0.39 is 0 Å². The number of rotatable bonds is 7. The molecule has 2 N–H and O–H groups in total. The topological polar surface area (TPSA) is 71.7 Å². The molecule has 1 heterocycles. The molecule has 0 aliphatic heterocycles. The average molecular weight is 241 g/mol. The van der Waals surface area contributed by atoms with Gasteiger partial charge in [-0.25, -0.2) is 0 Å². The summed E-state index contributed by atoms with van der Waals surface area (Å²) >= 11 is 0. The molecule has 0 saturated heterocycles. The molecule has 1 atom stereocenters. The maximum atomic E-state index is 11.8. The number of carbonyl (C=O) groups is 1. The number of amides is 1. The summed E-state index contributed by atoms with van der Waals surface area (Å²) in [5, 5.41) is 11.6. The molecule has 96 valence electrons. The van der Waals surface area contributed by atoms with Gasteiger partial charge >= 0.3 is 0 Å². The number of nitrogens with one attached hydrogen (secondary N) is 1. The van der Waals surface area contributed by atoms with Gasteiger partial charge in [-0.1, -0.05) is 6.92 Å². The van der Waals surface area contributed by atoms with E-state index in [1.54, 1.807) is 19.2 Å². The molecule has 0 saturated carbocycles. The summed E-state index contributed by atoms with van der Waals surface area (Å²) in [6.45, 7) is 2.33. The summed E-state index contributed by atoms with van der Waals surface area (Å²) in [5.41, 5.74) is 0. The Balaban J connectivity index is 2.56. The van der Waals surface area contributed by atoms with Gasteiger partial charge in [0.05, 0.1) is 12.6 Å². The maximum Gasteiger partial charge on any atom is 0.287 e. The van der Waals surface area contributed by atoms with Gasteiger partial charge in [0, 0.05) is 20.1 Å². The van der Waals surface area contributed by atoms with Gasteiger partial charge in [-0.3, -0.25) is 4.79 Å². The fourth-order valence-electron chi connectivity index (χ4n) is 1.50. The summed E-state index contributed by atoms with van der Waals surface area (Å²) in [4.78, 5) is 11.8. The van der Waals surface area contributed by atoms with E-state index in [2.05, 4.69) is 5.32 Å². The summed E-state index contributed by atoms with van der Waals surface area (Å²) in [6.07, 6.45) is 1.21. The summed E-state index contributed by atoms with van der Waals surface area (Å²) in [5.74, 6) is 0.793. The number of ether oxygens (including phenoxy) is 1. The van der Waals surface area contributed by atoms with Crippen LogP contribution in [-0.4, -0.2) is 37.4 Å². The standard InChI is InChI=1S/C12H19NO4/c1-3-10-4-5-11(17-10)12(15)13-9(6-7-14)8-16-2/h4-5,9,14H,3,6-8H2,1-2H3,(H,13,15). The van der Waals surface area contributed by atoms with E-state index in [4.69, 9.17) is 14.3 Å². The van der Waals surface area contributed by atoms with Crippen molar-refractivity contribution >= 4 is 5.91 Å². The maximum absolute atomic E-state index is 11.8. The Hall–Kier alpha value is -1.33. The van der Waals surface area contributed by atoms with Crippen LogP contribution in [0.5, 0.6) is 0 Å². The van der Waals surface area contributed by atoms with Gasteiger partial charge in [0.25, 0.3) is 5.91 Å². The van der Waals surface area contributed by atoms with Crippen LogP contribution in [0.4, 0.5) is 0 Å². The van der Waals surface area contributed by atoms with E-state index >= 15 is 0 Å². The zero-order chi connectivity index (χ0) is 12.7. The lowest BCUT2D eigenvalue weighted by atomic mass is 10.2. The quantitative estimate of drug-likeness (QED) is 0.746. The average Bonchev–Trinajstić information content (AvgIpc) is 2.78. The van der Waals surface area contributed by atoms with Crippen LogP contribution in [-0.2, 0) is 11.2 Å². The predicted molar refractivity (Wildman–Crippen MR) is 62.9 cm³/mol. The van der Waals surface area contributed by atoms with E-state index in [0.29, 0.717) is 18.8 Å². The van der Waals surface area contributed by atoms with E-state index in [0.717, 1.165) is 12.2 Å².